The average molecular weight is 415 g/mol. The van der Waals surface area contributed by atoms with E-state index in [1.807, 2.05) is 43.5 Å². The first kappa shape index (κ1) is 18.3. The van der Waals surface area contributed by atoms with Crippen LogP contribution in [0.15, 0.2) is 64.9 Å². The van der Waals surface area contributed by atoms with E-state index in [9.17, 15) is 9.59 Å². The summed E-state index contributed by atoms with van der Waals surface area (Å²) in [6.45, 7) is 2.16. The van der Waals surface area contributed by atoms with Crippen LogP contribution < -0.4 is 10.9 Å². The zero-order valence-corrected chi connectivity index (χ0v) is 16.9. The lowest BCUT2D eigenvalue weighted by Gasteiger charge is -2.05. The van der Waals surface area contributed by atoms with Crippen LogP contribution in [0, 0.1) is 6.92 Å². The van der Waals surface area contributed by atoms with Crippen LogP contribution >= 0.6 is 11.3 Å². The number of nitrogens with one attached hydrogen (secondary N) is 2. The van der Waals surface area contributed by atoms with E-state index in [1.54, 1.807) is 28.0 Å². The topological polar surface area (TPSA) is 92.1 Å². The van der Waals surface area contributed by atoms with Gasteiger partial charge >= 0.3 is 0 Å². The molecule has 5 aromatic rings. The zero-order valence-electron chi connectivity index (χ0n) is 16.0. The fraction of sp³-hybridized carbons (Fsp3) is 0.0909. The van der Waals surface area contributed by atoms with E-state index in [0.29, 0.717) is 22.4 Å². The maximum Gasteiger partial charge on any atom is 0.269 e. The number of nitrogens with zero attached hydrogens (tertiary/aromatic N) is 3. The number of rotatable bonds is 4. The van der Waals surface area contributed by atoms with Gasteiger partial charge in [0.2, 0.25) is 0 Å². The fourth-order valence-electron chi connectivity index (χ4n) is 3.41. The highest BCUT2D eigenvalue weighted by Crippen LogP contribution is 2.26. The van der Waals surface area contributed by atoms with Crippen molar-refractivity contribution in [2.45, 2.75) is 13.5 Å². The predicted molar refractivity (Wildman–Crippen MR) is 117 cm³/mol. The number of thiazole rings is 1. The number of amides is 1. The van der Waals surface area contributed by atoms with Crippen LogP contribution in [0.25, 0.3) is 27.1 Å². The van der Waals surface area contributed by atoms with Gasteiger partial charge in [0.15, 0.2) is 4.96 Å². The van der Waals surface area contributed by atoms with Crippen LogP contribution in [0.1, 0.15) is 21.9 Å². The van der Waals surface area contributed by atoms with Crippen LogP contribution in [0.2, 0.25) is 0 Å². The van der Waals surface area contributed by atoms with Crippen molar-refractivity contribution in [3.63, 3.8) is 0 Å². The van der Waals surface area contributed by atoms with Gasteiger partial charge in [-0.15, -0.1) is 11.3 Å². The first-order valence-electron chi connectivity index (χ1n) is 9.39. The van der Waals surface area contributed by atoms with Gasteiger partial charge in [0.1, 0.15) is 11.5 Å². The molecule has 3 aromatic heterocycles. The summed E-state index contributed by atoms with van der Waals surface area (Å²) in [5.74, 6) is 0.149. The number of hydrogen-bond donors (Lipinski definition) is 2. The number of aryl methyl sites for hydroxylation is 1. The quantitative estimate of drug-likeness (QED) is 0.470. The number of carbonyl (C=O) groups is 1. The second-order valence-electron chi connectivity index (χ2n) is 6.93. The molecule has 3 heterocycles. The summed E-state index contributed by atoms with van der Waals surface area (Å²) in [4.78, 5) is 37.5. The zero-order chi connectivity index (χ0) is 20.7. The molecule has 2 N–H and O–H groups in total. The molecule has 0 saturated heterocycles. The standard InChI is InChI=1S/C22H17N5O2S/c1-13-6-2-3-7-14(13)17-11-27-18(12-30-22(27)25-17)21(29)23-10-19-24-16-9-5-4-8-15(16)20(28)26-19/h2-9,11-12H,10H2,1H3,(H,23,29)(H,24,26,28). The molecule has 0 spiro atoms. The second-order valence-corrected chi connectivity index (χ2v) is 7.76. The number of benzene rings is 2. The van der Waals surface area contributed by atoms with Crippen molar-refractivity contribution in [2.24, 2.45) is 0 Å². The second kappa shape index (κ2) is 7.23. The smallest absolute Gasteiger partial charge is 0.269 e. The Bertz CT molecular complexity index is 1460. The molecule has 0 aliphatic carbocycles. The van der Waals surface area contributed by atoms with E-state index < -0.39 is 0 Å². The maximum atomic E-state index is 12.8. The molecular weight excluding hydrogens is 398 g/mol. The number of fused-ring (bicyclic) bond motifs is 2. The highest BCUT2D eigenvalue weighted by atomic mass is 32.1. The lowest BCUT2D eigenvalue weighted by Crippen LogP contribution is -2.26. The van der Waals surface area contributed by atoms with Gasteiger partial charge in [0.05, 0.1) is 23.1 Å². The third-order valence-electron chi connectivity index (χ3n) is 4.94. The number of aromatic nitrogens is 4. The van der Waals surface area contributed by atoms with E-state index in [4.69, 9.17) is 0 Å². The van der Waals surface area contributed by atoms with Crippen molar-refractivity contribution in [3.05, 3.63) is 87.5 Å². The van der Waals surface area contributed by atoms with Crippen LogP contribution in [-0.2, 0) is 6.54 Å². The molecule has 148 valence electrons. The van der Waals surface area contributed by atoms with E-state index in [-0.39, 0.29) is 18.0 Å². The molecule has 0 aliphatic heterocycles. The predicted octanol–water partition coefficient (Wildman–Crippen LogP) is 3.54. The monoisotopic (exact) mass is 415 g/mol. The molecule has 0 saturated carbocycles. The summed E-state index contributed by atoms with van der Waals surface area (Å²) >= 11 is 1.41. The van der Waals surface area contributed by atoms with Crippen molar-refractivity contribution in [3.8, 4) is 11.3 Å². The molecule has 0 radical (unpaired) electrons. The van der Waals surface area contributed by atoms with Gasteiger partial charge in [-0.3, -0.25) is 14.0 Å². The lowest BCUT2D eigenvalue weighted by atomic mass is 10.1. The Hall–Kier alpha value is -3.78. The highest BCUT2D eigenvalue weighted by molar-refractivity contribution is 7.15. The van der Waals surface area contributed by atoms with Gasteiger partial charge in [0, 0.05) is 17.1 Å². The van der Waals surface area contributed by atoms with Gasteiger partial charge in [-0.1, -0.05) is 36.4 Å². The summed E-state index contributed by atoms with van der Waals surface area (Å²) in [5.41, 5.74) is 3.86. The van der Waals surface area contributed by atoms with Crippen molar-refractivity contribution >= 4 is 33.1 Å². The largest absolute Gasteiger partial charge is 0.344 e. The van der Waals surface area contributed by atoms with E-state index in [2.05, 4.69) is 20.3 Å². The van der Waals surface area contributed by atoms with Crippen molar-refractivity contribution in [1.82, 2.24) is 24.7 Å². The molecule has 5 rings (SSSR count). The lowest BCUT2D eigenvalue weighted by molar-refractivity contribution is 0.0944. The summed E-state index contributed by atoms with van der Waals surface area (Å²) in [7, 11) is 0. The molecule has 0 fully saturated rings. The molecule has 1 amide bonds. The number of para-hydroxylation sites is 1. The van der Waals surface area contributed by atoms with Crippen molar-refractivity contribution in [2.75, 3.05) is 0 Å². The SMILES string of the molecule is Cc1ccccc1-c1cn2c(C(=O)NCc3nc4ccccc4c(=O)[nH]3)csc2n1. The number of carbonyl (C=O) groups excluding carboxylic acids is 1. The Labute approximate surface area is 175 Å². The van der Waals surface area contributed by atoms with Crippen molar-refractivity contribution in [1.29, 1.82) is 0 Å². The number of hydrogen-bond acceptors (Lipinski definition) is 5. The van der Waals surface area contributed by atoms with Crippen LogP contribution in [0.5, 0.6) is 0 Å². The maximum absolute atomic E-state index is 12.8. The first-order chi connectivity index (χ1) is 14.6. The average Bonchev–Trinajstić information content (AvgIpc) is 3.33. The highest BCUT2D eigenvalue weighted by Gasteiger charge is 2.16. The van der Waals surface area contributed by atoms with Gasteiger partial charge < -0.3 is 10.3 Å². The molecule has 8 heteroatoms. The summed E-state index contributed by atoms with van der Waals surface area (Å²) in [6, 6.07) is 15.1. The molecule has 7 nitrogen and oxygen atoms in total. The summed E-state index contributed by atoms with van der Waals surface area (Å²) in [5, 5.41) is 5.13. The minimum Gasteiger partial charge on any atom is -0.344 e. The van der Waals surface area contributed by atoms with Gasteiger partial charge in [-0.05, 0) is 24.6 Å². The molecule has 0 atom stereocenters. The summed E-state index contributed by atoms with van der Waals surface area (Å²) in [6.07, 6.45) is 1.87. The summed E-state index contributed by atoms with van der Waals surface area (Å²) < 4.78 is 1.79. The van der Waals surface area contributed by atoms with Gasteiger partial charge in [-0.25, -0.2) is 9.97 Å². The number of imidazole rings is 1. The van der Waals surface area contributed by atoms with Crippen LogP contribution in [-0.4, -0.2) is 25.3 Å². The third kappa shape index (κ3) is 3.17. The normalized spacial score (nSPS) is 11.2. The van der Waals surface area contributed by atoms with E-state index in [0.717, 1.165) is 21.8 Å². The molecular formula is C22H17N5O2S. The number of aromatic amines is 1. The van der Waals surface area contributed by atoms with E-state index >= 15 is 0 Å². The Balaban J connectivity index is 1.40. The first-order valence-corrected chi connectivity index (χ1v) is 10.3. The van der Waals surface area contributed by atoms with Crippen LogP contribution in [0.3, 0.4) is 0 Å². The van der Waals surface area contributed by atoms with E-state index in [1.165, 1.54) is 11.3 Å². The van der Waals surface area contributed by atoms with Gasteiger partial charge in [-0.2, -0.15) is 0 Å². The number of H-pyrrole nitrogens is 1. The molecule has 2 aromatic carbocycles. The molecule has 0 bridgehead atoms. The van der Waals surface area contributed by atoms with Crippen molar-refractivity contribution < 1.29 is 4.79 Å². The minimum absolute atomic E-state index is 0.121. The fourth-order valence-corrected chi connectivity index (χ4v) is 4.26. The van der Waals surface area contributed by atoms with Crippen LogP contribution in [0.4, 0.5) is 0 Å². The Morgan fingerprint density at radius 1 is 1.13 bits per heavy atom. The Morgan fingerprint density at radius 2 is 1.93 bits per heavy atom. The minimum atomic E-state index is -0.259. The molecule has 30 heavy (non-hydrogen) atoms. The Morgan fingerprint density at radius 3 is 2.80 bits per heavy atom. The van der Waals surface area contributed by atoms with Gasteiger partial charge in [0.25, 0.3) is 11.5 Å². The Kier molecular flexibility index (Phi) is 4.40. The molecule has 0 aliphatic rings. The molecule has 0 unspecified atom stereocenters. The third-order valence-corrected chi connectivity index (χ3v) is 5.78.